The molecule has 4 rings (SSSR count). The molecule has 0 atom stereocenters. The van der Waals surface area contributed by atoms with Crippen LogP contribution >= 0.6 is 23.3 Å². The topological polar surface area (TPSA) is 16.1 Å². The van der Waals surface area contributed by atoms with Gasteiger partial charge >= 0.3 is 0 Å². The maximum absolute atomic E-state index is 13.8. The Morgan fingerprint density at radius 3 is 2.67 bits per heavy atom. The van der Waals surface area contributed by atoms with Crippen LogP contribution in [0.15, 0.2) is 29.3 Å². The lowest BCUT2D eigenvalue weighted by atomic mass is 9.90. The van der Waals surface area contributed by atoms with Gasteiger partial charge in [-0.3, -0.25) is 0 Å². The maximum atomic E-state index is 13.8. The molecule has 2 aliphatic rings. The van der Waals surface area contributed by atoms with Crippen molar-refractivity contribution >= 4 is 23.3 Å². The van der Waals surface area contributed by atoms with Crippen molar-refractivity contribution in [2.75, 3.05) is 13.1 Å². The van der Waals surface area contributed by atoms with Gasteiger partial charge in [-0.25, -0.2) is 13.7 Å². The zero-order valence-electron chi connectivity index (χ0n) is 13.8. The molecule has 2 nitrogen and oxygen atoms in total. The van der Waals surface area contributed by atoms with E-state index in [2.05, 4.69) is 4.31 Å². The minimum absolute atomic E-state index is 0.155. The van der Waals surface area contributed by atoms with Crippen molar-refractivity contribution in [3.63, 3.8) is 0 Å². The third-order valence-corrected chi connectivity index (χ3v) is 7.33. The van der Waals surface area contributed by atoms with Crippen molar-refractivity contribution < 1.29 is 4.39 Å². The van der Waals surface area contributed by atoms with Crippen LogP contribution < -0.4 is 0 Å². The molecule has 0 radical (unpaired) electrons. The summed E-state index contributed by atoms with van der Waals surface area (Å²) in [6.07, 6.45) is 11.0. The second-order valence-electron chi connectivity index (χ2n) is 6.77. The molecule has 1 aromatic carbocycles. The van der Waals surface area contributed by atoms with Gasteiger partial charge in [0, 0.05) is 35.7 Å². The predicted octanol–water partition coefficient (Wildman–Crippen LogP) is 6.10. The van der Waals surface area contributed by atoms with Crippen LogP contribution in [0.2, 0.25) is 0 Å². The van der Waals surface area contributed by atoms with E-state index in [9.17, 15) is 4.39 Å². The molecule has 24 heavy (non-hydrogen) atoms. The summed E-state index contributed by atoms with van der Waals surface area (Å²) < 4.78 is 16.1. The highest BCUT2D eigenvalue weighted by atomic mass is 32.2. The molecule has 1 saturated carbocycles. The van der Waals surface area contributed by atoms with Crippen molar-refractivity contribution in [3.8, 4) is 10.4 Å². The fourth-order valence-corrected chi connectivity index (χ4v) is 6.00. The van der Waals surface area contributed by atoms with Crippen LogP contribution in [0.4, 0.5) is 4.39 Å². The number of rotatable bonds is 4. The number of hydrogen-bond acceptors (Lipinski definition) is 4. The molecule has 0 amide bonds. The van der Waals surface area contributed by atoms with Crippen LogP contribution in [0.25, 0.3) is 10.4 Å². The number of benzene rings is 1. The fraction of sp³-hybridized carbons (Fsp3) is 0.526. The summed E-state index contributed by atoms with van der Waals surface area (Å²) in [6, 6.07) is 5.17. The van der Waals surface area contributed by atoms with Crippen LogP contribution in [-0.4, -0.2) is 22.4 Å². The van der Waals surface area contributed by atoms with E-state index >= 15 is 0 Å². The Labute approximate surface area is 151 Å². The summed E-state index contributed by atoms with van der Waals surface area (Å²) >= 11 is 3.51. The zero-order valence-corrected chi connectivity index (χ0v) is 15.5. The van der Waals surface area contributed by atoms with Gasteiger partial charge in [0.2, 0.25) is 0 Å². The Morgan fingerprint density at radius 2 is 1.88 bits per heavy atom. The number of thiazole rings is 1. The molecule has 0 spiro atoms. The van der Waals surface area contributed by atoms with Gasteiger partial charge in [-0.05, 0) is 55.8 Å². The Balaban J connectivity index is 1.59. The highest BCUT2D eigenvalue weighted by Crippen LogP contribution is 2.41. The molecule has 0 bridgehead atoms. The minimum atomic E-state index is -0.155. The monoisotopic (exact) mass is 362 g/mol. The van der Waals surface area contributed by atoms with Crippen molar-refractivity contribution in [1.29, 1.82) is 0 Å². The summed E-state index contributed by atoms with van der Waals surface area (Å²) in [5.41, 5.74) is 1.13. The lowest BCUT2D eigenvalue weighted by Crippen LogP contribution is -2.09. The van der Waals surface area contributed by atoms with Crippen LogP contribution in [0.1, 0.15) is 55.9 Å². The first-order valence-corrected chi connectivity index (χ1v) is 10.6. The molecule has 2 heterocycles. The third-order valence-electron chi connectivity index (χ3n) is 4.98. The molecule has 1 aromatic heterocycles. The molecular formula is C19H23FN2S2. The van der Waals surface area contributed by atoms with Crippen molar-refractivity contribution in [3.05, 3.63) is 35.2 Å². The van der Waals surface area contributed by atoms with E-state index in [1.807, 2.05) is 12.3 Å². The van der Waals surface area contributed by atoms with Gasteiger partial charge in [0.25, 0.3) is 0 Å². The largest absolute Gasteiger partial charge is 0.249 e. The van der Waals surface area contributed by atoms with Gasteiger partial charge in [-0.2, -0.15) is 0 Å². The standard InChI is InChI=1S/C19H23FN2S2/c20-15-8-9-16(17(12-15)24-22-10-4-5-11-22)18-13-21-19(23-18)14-6-2-1-3-7-14/h8-9,12-14H,1-7,10-11H2. The fourth-order valence-electron chi connectivity index (χ4n) is 3.64. The Morgan fingerprint density at radius 1 is 1.08 bits per heavy atom. The number of nitrogens with zero attached hydrogens (tertiary/aromatic N) is 2. The van der Waals surface area contributed by atoms with E-state index < -0.39 is 0 Å². The lowest BCUT2D eigenvalue weighted by molar-refractivity contribution is 0.442. The van der Waals surface area contributed by atoms with Gasteiger partial charge in [-0.1, -0.05) is 19.3 Å². The first-order valence-electron chi connectivity index (χ1n) is 8.98. The number of halogens is 1. The predicted molar refractivity (Wildman–Crippen MR) is 100.0 cm³/mol. The van der Waals surface area contributed by atoms with Gasteiger partial charge < -0.3 is 0 Å². The summed E-state index contributed by atoms with van der Waals surface area (Å²) in [7, 11) is 0. The Hall–Kier alpha value is -0.910. The van der Waals surface area contributed by atoms with Crippen LogP contribution in [0.3, 0.4) is 0 Å². The molecule has 1 saturated heterocycles. The molecule has 2 fully saturated rings. The summed E-state index contributed by atoms with van der Waals surface area (Å²) in [6.45, 7) is 2.19. The third kappa shape index (κ3) is 3.68. The van der Waals surface area contributed by atoms with Crippen molar-refractivity contribution in [2.24, 2.45) is 0 Å². The first-order chi connectivity index (χ1) is 11.8. The second kappa shape index (κ2) is 7.54. The zero-order chi connectivity index (χ0) is 16.4. The molecule has 5 heteroatoms. The van der Waals surface area contributed by atoms with E-state index in [1.54, 1.807) is 35.4 Å². The van der Waals surface area contributed by atoms with Gasteiger partial charge in [0.15, 0.2) is 0 Å². The molecule has 0 N–H and O–H groups in total. The molecule has 1 aliphatic heterocycles. The van der Waals surface area contributed by atoms with Gasteiger partial charge in [0.05, 0.1) is 9.88 Å². The highest BCUT2D eigenvalue weighted by Gasteiger charge is 2.21. The molecule has 0 unspecified atom stereocenters. The van der Waals surface area contributed by atoms with E-state index in [0.717, 1.165) is 23.5 Å². The first kappa shape index (κ1) is 16.6. The Bertz CT molecular complexity index is 688. The summed E-state index contributed by atoms with van der Waals surface area (Å²) in [5.74, 6) is 0.477. The normalized spacial score (nSPS) is 19.9. The van der Waals surface area contributed by atoms with E-state index in [1.165, 1.54) is 54.8 Å². The number of aromatic nitrogens is 1. The molecule has 1 aliphatic carbocycles. The average Bonchev–Trinajstić information content (AvgIpc) is 3.28. The molecular weight excluding hydrogens is 339 g/mol. The quantitative estimate of drug-likeness (QED) is 0.611. The highest BCUT2D eigenvalue weighted by molar-refractivity contribution is 7.97. The minimum Gasteiger partial charge on any atom is -0.249 e. The Kier molecular flexibility index (Phi) is 5.20. The SMILES string of the molecule is Fc1ccc(-c2cnc(C3CCCCC3)s2)c(SN2CCCC2)c1. The van der Waals surface area contributed by atoms with Crippen LogP contribution in [0, 0.1) is 5.82 Å². The average molecular weight is 363 g/mol. The second-order valence-corrected chi connectivity index (χ2v) is 8.97. The van der Waals surface area contributed by atoms with Crippen LogP contribution in [0.5, 0.6) is 0 Å². The lowest BCUT2D eigenvalue weighted by Gasteiger charge is -2.19. The van der Waals surface area contributed by atoms with Gasteiger partial charge in [0.1, 0.15) is 5.82 Å². The van der Waals surface area contributed by atoms with Gasteiger partial charge in [-0.15, -0.1) is 11.3 Å². The smallest absolute Gasteiger partial charge is 0.124 e. The summed E-state index contributed by atoms with van der Waals surface area (Å²) in [4.78, 5) is 6.92. The van der Waals surface area contributed by atoms with Crippen LogP contribution in [-0.2, 0) is 0 Å². The summed E-state index contributed by atoms with van der Waals surface area (Å²) in [5, 5.41) is 1.27. The molecule has 128 valence electrons. The maximum Gasteiger partial charge on any atom is 0.124 e. The van der Waals surface area contributed by atoms with E-state index in [-0.39, 0.29) is 5.82 Å². The van der Waals surface area contributed by atoms with Crippen molar-refractivity contribution in [1.82, 2.24) is 9.29 Å². The number of hydrogen-bond donors (Lipinski definition) is 0. The van der Waals surface area contributed by atoms with E-state index in [0.29, 0.717) is 5.92 Å². The molecule has 2 aromatic rings. The van der Waals surface area contributed by atoms with E-state index in [4.69, 9.17) is 4.98 Å². The van der Waals surface area contributed by atoms with Crippen molar-refractivity contribution in [2.45, 2.75) is 55.8 Å².